The molecule has 5 heteroatoms. The third-order valence-electron chi connectivity index (χ3n) is 3.78. The lowest BCUT2D eigenvalue weighted by molar-refractivity contribution is 0.578. The Morgan fingerprint density at radius 3 is 2.68 bits per heavy atom. The highest BCUT2D eigenvalue weighted by molar-refractivity contribution is 7.15. The number of nitrogens with one attached hydrogen (secondary N) is 2. The van der Waals surface area contributed by atoms with Crippen molar-refractivity contribution in [3.8, 4) is 10.6 Å². The molecule has 0 saturated carbocycles. The van der Waals surface area contributed by atoms with Crippen molar-refractivity contribution in [2.75, 3.05) is 0 Å². The number of rotatable bonds is 5. The molecule has 0 aliphatic heterocycles. The summed E-state index contributed by atoms with van der Waals surface area (Å²) in [5.41, 5.74) is 4.61. The summed E-state index contributed by atoms with van der Waals surface area (Å²) in [7, 11) is 0. The maximum Gasteiger partial charge on any atom is 0.123 e. The molecule has 1 unspecified atom stereocenters. The van der Waals surface area contributed by atoms with E-state index in [9.17, 15) is 0 Å². The van der Waals surface area contributed by atoms with Gasteiger partial charge in [0.2, 0.25) is 0 Å². The zero-order valence-corrected chi connectivity index (χ0v) is 13.9. The Bertz CT molecular complexity index is 745. The zero-order chi connectivity index (χ0) is 15.5. The molecule has 0 radical (unpaired) electrons. The van der Waals surface area contributed by atoms with Gasteiger partial charge in [0.05, 0.1) is 11.9 Å². The molecule has 2 aromatic heterocycles. The van der Waals surface area contributed by atoms with Gasteiger partial charge in [-0.15, -0.1) is 11.3 Å². The second kappa shape index (κ2) is 6.42. The van der Waals surface area contributed by atoms with Crippen molar-refractivity contribution in [3.63, 3.8) is 0 Å². The van der Waals surface area contributed by atoms with Crippen LogP contribution in [0.3, 0.4) is 0 Å². The molecule has 2 N–H and O–H groups in total. The van der Waals surface area contributed by atoms with Crippen LogP contribution in [0, 0.1) is 13.8 Å². The van der Waals surface area contributed by atoms with E-state index < -0.39 is 0 Å². The summed E-state index contributed by atoms with van der Waals surface area (Å²) < 4.78 is 0. The van der Waals surface area contributed by atoms with Crippen LogP contribution in [0.25, 0.3) is 10.6 Å². The van der Waals surface area contributed by atoms with Crippen LogP contribution >= 0.6 is 11.3 Å². The SMILES string of the molecule is Cc1nc(-c2ccccc2)sc1C(C)NCc1cn[nH]c1C. The molecule has 0 aliphatic carbocycles. The molecule has 22 heavy (non-hydrogen) atoms. The number of hydrogen-bond acceptors (Lipinski definition) is 4. The first-order valence-corrected chi connectivity index (χ1v) is 8.21. The molecule has 0 amide bonds. The van der Waals surface area contributed by atoms with E-state index in [0.29, 0.717) is 0 Å². The van der Waals surface area contributed by atoms with Gasteiger partial charge in [0.25, 0.3) is 0 Å². The van der Waals surface area contributed by atoms with Crippen molar-refractivity contribution in [2.24, 2.45) is 0 Å². The van der Waals surface area contributed by atoms with E-state index in [-0.39, 0.29) is 6.04 Å². The quantitative estimate of drug-likeness (QED) is 0.748. The zero-order valence-electron chi connectivity index (χ0n) is 13.1. The van der Waals surface area contributed by atoms with Crippen LogP contribution in [-0.4, -0.2) is 15.2 Å². The summed E-state index contributed by atoms with van der Waals surface area (Å²) >= 11 is 1.77. The summed E-state index contributed by atoms with van der Waals surface area (Å²) in [4.78, 5) is 6.02. The second-order valence-corrected chi connectivity index (χ2v) is 6.49. The lowest BCUT2D eigenvalue weighted by atomic mass is 10.2. The Kier molecular flexibility index (Phi) is 4.36. The Hall–Kier alpha value is -1.98. The molecule has 3 rings (SSSR count). The number of thiazole rings is 1. The van der Waals surface area contributed by atoms with Gasteiger partial charge >= 0.3 is 0 Å². The number of hydrogen-bond donors (Lipinski definition) is 2. The molecule has 0 spiro atoms. The van der Waals surface area contributed by atoms with Crippen LogP contribution in [0.15, 0.2) is 36.5 Å². The highest BCUT2D eigenvalue weighted by Gasteiger charge is 2.15. The van der Waals surface area contributed by atoms with Crippen LogP contribution in [0.4, 0.5) is 0 Å². The number of aromatic amines is 1. The summed E-state index contributed by atoms with van der Waals surface area (Å²) in [5, 5.41) is 11.7. The molecule has 1 aromatic carbocycles. The predicted molar refractivity (Wildman–Crippen MR) is 90.9 cm³/mol. The lowest BCUT2D eigenvalue weighted by Gasteiger charge is -2.12. The lowest BCUT2D eigenvalue weighted by Crippen LogP contribution is -2.18. The van der Waals surface area contributed by atoms with Gasteiger partial charge in [0, 0.05) is 34.3 Å². The summed E-state index contributed by atoms with van der Waals surface area (Å²) in [6.45, 7) is 7.12. The van der Waals surface area contributed by atoms with E-state index >= 15 is 0 Å². The highest BCUT2D eigenvalue weighted by atomic mass is 32.1. The first-order chi connectivity index (χ1) is 10.6. The fourth-order valence-corrected chi connectivity index (χ4v) is 3.52. The molecular formula is C17H20N4S. The Labute approximate surface area is 134 Å². The topological polar surface area (TPSA) is 53.6 Å². The number of aryl methyl sites for hydroxylation is 2. The van der Waals surface area contributed by atoms with Gasteiger partial charge in [-0.2, -0.15) is 5.10 Å². The average Bonchev–Trinajstić information content (AvgIpc) is 3.12. The van der Waals surface area contributed by atoms with Gasteiger partial charge in [0.1, 0.15) is 5.01 Å². The van der Waals surface area contributed by atoms with Crippen LogP contribution in [0.2, 0.25) is 0 Å². The average molecular weight is 312 g/mol. The van der Waals surface area contributed by atoms with Crippen LogP contribution < -0.4 is 5.32 Å². The first-order valence-electron chi connectivity index (χ1n) is 7.40. The monoisotopic (exact) mass is 312 g/mol. The molecule has 0 saturated heterocycles. The number of aromatic nitrogens is 3. The van der Waals surface area contributed by atoms with Gasteiger partial charge in [-0.3, -0.25) is 5.10 Å². The summed E-state index contributed by atoms with van der Waals surface area (Å²) in [6.07, 6.45) is 1.88. The molecule has 0 fully saturated rings. The molecule has 0 aliphatic rings. The third kappa shape index (κ3) is 3.10. The second-order valence-electron chi connectivity index (χ2n) is 5.46. The van der Waals surface area contributed by atoms with Gasteiger partial charge in [-0.25, -0.2) is 4.98 Å². The van der Waals surface area contributed by atoms with Crippen LogP contribution in [-0.2, 0) is 6.54 Å². The maximum absolute atomic E-state index is 4.72. The third-order valence-corrected chi connectivity index (χ3v) is 5.17. The number of H-pyrrole nitrogens is 1. The van der Waals surface area contributed by atoms with Gasteiger partial charge < -0.3 is 5.32 Å². The minimum absolute atomic E-state index is 0.268. The maximum atomic E-state index is 4.72. The number of nitrogens with zero attached hydrogens (tertiary/aromatic N) is 2. The van der Waals surface area contributed by atoms with E-state index in [1.54, 1.807) is 11.3 Å². The summed E-state index contributed by atoms with van der Waals surface area (Å²) in [5.74, 6) is 0. The van der Waals surface area contributed by atoms with Crippen molar-refractivity contribution >= 4 is 11.3 Å². The smallest absolute Gasteiger partial charge is 0.123 e. The van der Waals surface area contributed by atoms with Gasteiger partial charge in [-0.1, -0.05) is 30.3 Å². The molecule has 1 atom stereocenters. The summed E-state index contributed by atoms with van der Waals surface area (Å²) in [6, 6.07) is 10.6. The van der Waals surface area contributed by atoms with Crippen molar-refractivity contribution in [1.82, 2.24) is 20.5 Å². The predicted octanol–water partition coefficient (Wildman–Crippen LogP) is 4.00. The largest absolute Gasteiger partial charge is 0.305 e. The first kappa shape index (κ1) is 14.9. The van der Waals surface area contributed by atoms with E-state index in [4.69, 9.17) is 4.98 Å². The molecular weight excluding hydrogens is 292 g/mol. The minimum Gasteiger partial charge on any atom is -0.305 e. The van der Waals surface area contributed by atoms with Crippen LogP contribution in [0.1, 0.15) is 34.8 Å². The van der Waals surface area contributed by atoms with E-state index in [0.717, 1.165) is 22.9 Å². The molecule has 3 aromatic rings. The fourth-order valence-electron chi connectivity index (χ4n) is 2.42. The Morgan fingerprint density at radius 1 is 1.23 bits per heavy atom. The van der Waals surface area contributed by atoms with Crippen molar-refractivity contribution in [2.45, 2.75) is 33.4 Å². The van der Waals surface area contributed by atoms with E-state index in [2.05, 4.69) is 53.6 Å². The molecule has 2 heterocycles. The Balaban J connectivity index is 1.74. The standard InChI is InChI=1S/C17H20N4S/c1-11-15(10-19-21-11)9-18-12(2)16-13(3)20-17(22-16)14-7-5-4-6-8-14/h4-8,10,12,18H,9H2,1-3H3,(H,19,21). The molecule has 114 valence electrons. The highest BCUT2D eigenvalue weighted by Crippen LogP contribution is 2.31. The Morgan fingerprint density at radius 2 is 2.00 bits per heavy atom. The van der Waals surface area contributed by atoms with E-state index in [1.165, 1.54) is 16.0 Å². The van der Waals surface area contributed by atoms with Crippen LogP contribution in [0.5, 0.6) is 0 Å². The van der Waals surface area contributed by atoms with Gasteiger partial charge in [0.15, 0.2) is 0 Å². The van der Waals surface area contributed by atoms with E-state index in [1.807, 2.05) is 19.2 Å². The van der Waals surface area contributed by atoms with Crippen molar-refractivity contribution in [3.05, 3.63) is 58.4 Å². The van der Waals surface area contributed by atoms with Gasteiger partial charge in [-0.05, 0) is 20.8 Å². The normalized spacial score (nSPS) is 12.5. The van der Waals surface area contributed by atoms with Crippen molar-refractivity contribution < 1.29 is 0 Å². The minimum atomic E-state index is 0.268. The fraction of sp³-hybridized carbons (Fsp3) is 0.294. The van der Waals surface area contributed by atoms with Crippen molar-refractivity contribution in [1.29, 1.82) is 0 Å². The number of benzene rings is 1. The molecule has 4 nitrogen and oxygen atoms in total. The molecule has 0 bridgehead atoms.